The first-order valence-corrected chi connectivity index (χ1v) is 14.5. The summed E-state index contributed by atoms with van der Waals surface area (Å²) in [5.41, 5.74) is 2.69. The van der Waals surface area contributed by atoms with Crippen LogP contribution in [0.4, 0.5) is 0 Å². The second kappa shape index (κ2) is 12.8. The Kier molecular flexibility index (Phi) is 9.58. The van der Waals surface area contributed by atoms with E-state index in [0.29, 0.717) is 0 Å². The average molecular weight is 445 g/mol. The summed E-state index contributed by atoms with van der Waals surface area (Å²) in [5, 5.41) is 0. The van der Waals surface area contributed by atoms with Crippen molar-refractivity contribution in [1.82, 2.24) is 0 Å². The van der Waals surface area contributed by atoms with Gasteiger partial charge in [-0.3, -0.25) is 0 Å². The molecule has 1 aromatic rings. The minimum absolute atomic E-state index is 0.757. The van der Waals surface area contributed by atoms with Crippen molar-refractivity contribution in [3.05, 3.63) is 47.5 Å². The van der Waals surface area contributed by atoms with E-state index in [1.807, 2.05) is 0 Å². The number of allylic oxidation sites excluding steroid dienone is 2. The first-order valence-electron chi connectivity index (χ1n) is 14.5. The van der Waals surface area contributed by atoms with Crippen molar-refractivity contribution in [3.8, 4) is 11.8 Å². The van der Waals surface area contributed by atoms with Crippen LogP contribution in [0.5, 0.6) is 0 Å². The maximum absolute atomic E-state index is 3.37. The summed E-state index contributed by atoms with van der Waals surface area (Å²) >= 11 is 0. The van der Waals surface area contributed by atoms with Crippen LogP contribution in [0.3, 0.4) is 0 Å². The van der Waals surface area contributed by atoms with Gasteiger partial charge in [-0.15, -0.1) is 0 Å². The molecule has 4 rings (SSSR count). The van der Waals surface area contributed by atoms with Crippen molar-refractivity contribution in [2.75, 3.05) is 0 Å². The van der Waals surface area contributed by atoms with Gasteiger partial charge in [0.1, 0.15) is 0 Å². The van der Waals surface area contributed by atoms with Crippen molar-refractivity contribution in [1.29, 1.82) is 0 Å². The van der Waals surface area contributed by atoms with Gasteiger partial charge < -0.3 is 0 Å². The fourth-order valence-corrected chi connectivity index (χ4v) is 7.22. The zero-order chi connectivity index (χ0) is 22.9. The summed E-state index contributed by atoms with van der Waals surface area (Å²) in [5.74, 6) is 12.3. The summed E-state index contributed by atoms with van der Waals surface area (Å²) < 4.78 is 0. The molecule has 180 valence electrons. The molecule has 0 N–H and O–H groups in total. The Hall–Kier alpha value is -1.48. The Bertz CT molecular complexity index is 764. The molecule has 3 fully saturated rings. The van der Waals surface area contributed by atoms with Gasteiger partial charge in [0.05, 0.1) is 0 Å². The predicted molar refractivity (Wildman–Crippen MR) is 143 cm³/mol. The van der Waals surface area contributed by atoms with Crippen LogP contribution in [0.15, 0.2) is 36.4 Å². The van der Waals surface area contributed by atoms with Gasteiger partial charge in [0, 0.05) is 5.56 Å². The van der Waals surface area contributed by atoms with Crippen LogP contribution in [-0.2, 0) is 0 Å². The van der Waals surface area contributed by atoms with Crippen LogP contribution in [0, 0.1) is 41.4 Å². The lowest BCUT2D eigenvalue weighted by Crippen LogP contribution is -2.25. The number of hydrogen-bond acceptors (Lipinski definition) is 0. The molecular weight excluding hydrogens is 396 g/mol. The molecule has 0 aliphatic heterocycles. The lowest BCUT2D eigenvalue weighted by Gasteiger charge is -2.37. The van der Waals surface area contributed by atoms with Crippen molar-refractivity contribution in [2.24, 2.45) is 29.6 Å². The SMILES string of the molecule is CCCC1CCC(C2CCC(C=CC#Cc3ccc(C4CCC(CC)CC4)cc3)CC2)CC1. The monoisotopic (exact) mass is 444 g/mol. The lowest BCUT2D eigenvalue weighted by molar-refractivity contribution is 0.152. The summed E-state index contributed by atoms with van der Waals surface area (Å²) in [6, 6.07) is 9.15. The largest absolute Gasteiger partial charge is 0.0730 e. The van der Waals surface area contributed by atoms with E-state index in [1.165, 1.54) is 102 Å². The molecule has 0 unspecified atom stereocenters. The maximum Gasteiger partial charge on any atom is 0.0249 e. The Morgan fingerprint density at radius 3 is 1.94 bits per heavy atom. The molecule has 0 radical (unpaired) electrons. The van der Waals surface area contributed by atoms with Gasteiger partial charge in [0.2, 0.25) is 0 Å². The predicted octanol–water partition coefficient (Wildman–Crippen LogP) is 9.69. The Morgan fingerprint density at radius 2 is 1.33 bits per heavy atom. The highest BCUT2D eigenvalue weighted by molar-refractivity contribution is 5.39. The zero-order valence-corrected chi connectivity index (χ0v) is 21.5. The van der Waals surface area contributed by atoms with E-state index >= 15 is 0 Å². The van der Waals surface area contributed by atoms with Crippen LogP contribution in [0.2, 0.25) is 0 Å². The smallest absolute Gasteiger partial charge is 0.0249 e. The molecule has 1 aromatic carbocycles. The van der Waals surface area contributed by atoms with Gasteiger partial charge in [-0.25, -0.2) is 0 Å². The van der Waals surface area contributed by atoms with E-state index in [9.17, 15) is 0 Å². The van der Waals surface area contributed by atoms with E-state index in [4.69, 9.17) is 0 Å². The van der Waals surface area contributed by atoms with Gasteiger partial charge >= 0.3 is 0 Å². The summed E-state index contributed by atoms with van der Waals surface area (Å²) in [7, 11) is 0. The van der Waals surface area contributed by atoms with E-state index in [1.54, 1.807) is 0 Å². The van der Waals surface area contributed by atoms with E-state index < -0.39 is 0 Å². The minimum atomic E-state index is 0.757. The van der Waals surface area contributed by atoms with Gasteiger partial charge in [-0.1, -0.05) is 76.0 Å². The molecule has 0 saturated heterocycles. The van der Waals surface area contributed by atoms with Gasteiger partial charge in [0.15, 0.2) is 0 Å². The lowest BCUT2D eigenvalue weighted by atomic mass is 9.69. The van der Waals surface area contributed by atoms with Gasteiger partial charge in [-0.2, -0.15) is 0 Å². The fraction of sp³-hybridized carbons (Fsp3) is 0.697. The number of benzene rings is 1. The second-order valence-electron chi connectivity index (χ2n) is 11.6. The third-order valence-corrected chi connectivity index (χ3v) is 9.55. The molecule has 3 saturated carbocycles. The zero-order valence-electron chi connectivity index (χ0n) is 21.5. The number of rotatable bonds is 6. The normalized spacial score (nSPS) is 32.9. The van der Waals surface area contributed by atoms with Crippen molar-refractivity contribution >= 4 is 0 Å². The summed E-state index contributed by atoms with van der Waals surface area (Å²) in [4.78, 5) is 0. The molecule has 0 heteroatoms. The molecule has 0 heterocycles. The van der Waals surface area contributed by atoms with Crippen molar-refractivity contribution in [3.63, 3.8) is 0 Å². The van der Waals surface area contributed by atoms with Crippen LogP contribution in [-0.4, -0.2) is 0 Å². The Labute approximate surface area is 205 Å². The van der Waals surface area contributed by atoms with Gasteiger partial charge in [-0.05, 0) is 123 Å². The highest BCUT2D eigenvalue weighted by atomic mass is 14.4. The Balaban J connectivity index is 1.18. The van der Waals surface area contributed by atoms with Crippen LogP contribution >= 0.6 is 0 Å². The molecule has 0 nitrogen and oxygen atoms in total. The van der Waals surface area contributed by atoms with Crippen LogP contribution in [0.25, 0.3) is 0 Å². The average Bonchev–Trinajstić information content (AvgIpc) is 2.88. The second-order valence-corrected chi connectivity index (χ2v) is 11.6. The Morgan fingerprint density at radius 1 is 0.727 bits per heavy atom. The van der Waals surface area contributed by atoms with Crippen molar-refractivity contribution in [2.45, 2.75) is 116 Å². The molecule has 0 amide bonds. The maximum atomic E-state index is 3.37. The summed E-state index contributed by atoms with van der Waals surface area (Å²) in [6.07, 6.45) is 26.0. The molecule has 0 atom stereocenters. The fourth-order valence-electron chi connectivity index (χ4n) is 7.22. The van der Waals surface area contributed by atoms with Crippen LogP contribution < -0.4 is 0 Å². The highest BCUT2D eigenvalue weighted by Gasteiger charge is 2.30. The molecule has 0 aromatic heterocycles. The summed E-state index contributed by atoms with van der Waals surface area (Å²) in [6.45, 7) is 4.69. The third kappa shape index (κ3) is 7.25. The van der Waals surface area contributed by atoms with E-state index in [0.717, 1.165) is 41.1 Å². The molecule has 3 aliphatic carbocycles. The standard InChI is InChI=1S/C33H48/c1-3-7-27-12-20-31(21-13-27)33-24-16-29(17-25-33)9-6-5-8-28-14-22-32(23-15-28)30-18-10-26(4-2)11-19-30/h6,9,14-15,22-23,26-27,29-31,33H,3-4,7,10-13,16-21,24-25H2,1-2H3. The molecule has 33 heavy (non-hydrogen) atoms. The van der Waals surface area contributed by atoms with E-state index in [2.05, 4.69) is 62.1 Å². The first-order chi connectivity index (χ1) is 16.2. The van der Waals surface area contributed by atoms with Crippen molar-refractivity contribution < 1.29 is 0 Å². The quantitative estimate of drug-likeness (QED) is 0.383. The molecule has 3 aliphatic rings. The molecule has 0 spiro atoms. The first kappa shape index (κ1) is 24.6. The van der Waals surface area contributed by atoms with Crippen LogP contribution in [0.1, 0.15) is 127 Å². The topological polar surface area (TPSA) is 0 Å². The van der Waals surface area contributed by atoms with Gasteiger partial charge in [0.25, 0.3) is 0 Å². The third-order valence-electron chi connectivity index (χ3n) is 9.55. The molecule has 0 bridgehead atoms. The minimum Gasteiger partial charge on any atom is -0.0730 e. The van der Waals surface area contributed by atoms with E-state index in [-0.39, 0.29) is 0 Å². The molecular formula is C33H48. The number of hydrogen-bond donors (Lipinski definition) is 0. The highest BCUT2D eigenvalue weighted by Crippen LogP contribution is 2.42.